The van der Waals surface area contributed by atoms with E-state index in [1.807, 2.05) is 22.7 Å². The molecule has 3 nitrogen and oxygen atoms in total. The molecule has 3 aromatic rings. The van der Waals surface area contributed by atoms with Crippen molar-refractivity contribution in [1.82, 2.24) is 9.38 Å². The molecule has 0 aliphatic carbocycles. The smallest absolute Gasteiger partial charge is 0.160 e. The summed E-state index contributed by atoms with van der Waals surface area (Å²) in [5.41, 5.74) is 13.3. The van der Waals surface area contributed by atoms with Gasteiger partial charge in [-0.25, -0.2) is 4.98 Å². The second-order valence-corrected chi connectivity index (χ2v) is 5.02. The Bertz CT molecular complexity index is 769. The first-order valence-electron chi connectivity index (χ1n) is 6.38. The minimum atomic E-state index is 0.710. The van der Waals surface area contributed by atoms with E-state index in [4.69, 9.17) is 10.7 Å². The third-order valence-electron chi connectivity index (χ3n) is 3.56. The molecule has 0 radical (unpaired) electrons. The molecule has 0 aliphatic rings. The summed E-state index contributed by atoms with van der Waals surface area (Å²) in [7, 11) is 0. The zero-order valence-corrected chi connectivity index (χ0v) is 11.4. The lowest BCUT2D eigenvalue weighted by molar-refractivity contribution is 1.11. The zero-order chi connectivity index (χ0) is 13.6. The zero-order valence-electron chi connectivity index (χ0n) is 11.4. The average Bonchev–Trinajstić information content (AvgIpc) is 2.69. The van der Waals surface area contributed by atoms with E-state index in [1.165, 1.54) is 16.7 Å². The molecule has 0 atom stereocenters. The van der Waals surface area contributed by atoms with Gasteiger partial charge in [0.25, 0.3) is 0 Å². The summed E-state index contributed by atoms with van der Waals surface area (Å²) in [5.74, 6) is 0. The molecule has 0 saturated carbocycles. The number of anilines is 1. The maximum absolute atomic E-state index is 6.00. The summed E-state index contributed by atoms with van der Waals surface area (Å²) in [5, 5.41) is 0. The van der Waals surface area contributed by atoms with Gasteiger partial charge in [0.1, 0.15) is 0 Å². The van der Waals surface area contributed by atoms with E-state index in [-0.39, 0.29) is 0 Å². The van der Waals surface area contributed by atoms with Crippen molar-refractivity contribution in [3.05, 3.63) is 53.3 Å². The molecule has 3 heteroatoms. The molecule has 19 heavy (non-hydrogen) atoms. The van der Waals surface area contributed by atoms with Crippen LogP contribution in [0.4, 0.5) is 5.69 Å². The lowest BCUT2D eigenvalue weighted by Crippen LogP contribution is -1.92. The van der Waals surface area contributed by atoms with Gasteiger partial charge in [-0.1, -0.05) is 23.8 Å². The van der Waals surface area contributed by atoms with E-state index < -0.39 is 0 Å². The Morgan fingerprint density at radius 3 is 2.58 bits per heavy atom. The average molecular weight is 251 g/mol. The van der Waals surface area contributed by atoms with Gasteiger partial charge >= 0.3 is 0 Å². The molecule has 96 valence electrons. The molecule has 2 heterocycles. The van der Waals surface area contributed by atoms with E-state index in [0.717, 1.165) is 17.0 Å². The van der Waals surface area contributed by atoms with Gasteiger partial charge in [-0.15, -0.1) is 0 Å². The molecule has 0 spiro atoms. The van der Waals surface area contributed by atoms with Crippen molar-refractivity contribution in [2.75, 3.05) is 5.73 Å². The molecule has 0 fully saturated rings. The van der Waals surface area contributed by atoms with Gasteiger partial charge in [0, 0.05) is 17.5 Å². The van der Waals surface area contributed by atoms with Crippen molar-refractivity contribution in [3.8, 4) is 11.3 Å². The Balaban J connectivity index is 2.31. The first-order valence-corrected chi connectivity index (χ1v) is 6.38. The number of nitrogens with zero attached hydrogens (tertiary/aromatic N) is 2. The Labute approximate surface area is 112 Å². The van der Waals surface area contributed by atoms with Crippen LogP contribution in [0, 0.1) is 20.8 Å². The summed E-state index contributed by atoms with van der Waals surface area (Å²) >= 11 is 0. The molecule has 2 aromatic heterocycles. The van der Waals surface area contributed by atoms with Crippen molar-refractivity contribution in [3.63, 3.8) is 0 Å². The minimum absolute atomic E-state index is 0.710. The number of nitrogen functional groups attached to an aromatic ring is 1. The fraction of sp³-hybridized carbons (Fsp3) is 0.188. The number of rotatable bonds is 1. The molecule has 0 aliphatic heterocycles. The molecular formula is C16H17N3. The Morgan fingerprint density at radius 2 is 1.89 bits per heavy atom. The predicted molar refractivity (Wildman–Crippen MR) is 79.3 cm³/mol. The maximum Gasteiger partial charge on any atom is 0.160 e. The second-order valence-electron chi connectivity index (χ2n) is 5.02. The van der Waals surface area contributed by atoms with Gasteiger partial charge in [0.15, 0.2) is 5.65 Å². The van der Waals surface area contributed by atoms with Crippen LogP contribution in [0.1, 0.15) is 16.8 Å². The van der Waals surface area contributed by atoms with Gasteiger partial charge in [-0.05, 0) is 38.5 Å². The van der Waals surface area contributed by atoms with Crippen LogP contribution in [0.15, 0.2) is 36.5 Å². The number of benzene rings is 1. The number of nitrogens with two attached hydrogens (primary N) is 1. The normalized spacial score (nSPS) is 11.1. The van der Waals surface area contributed by atoms with Crippen LogP contribution in [-0.2, 0) is 0 Å². The number of aryl methyl sites for hydroxylation is 3. The topological polar surface area (TPSA) is 43.3 Å². The fourth-order valence-corrected chi connectivity index (χ4v) is 2.54. The van der Waals surface area contributed by atoms with Crippen molar-refractivity contribution < 1.29 is 0 Å². The van der Waals surface area contributed by atoms with Gasteiger partial charge in [-0.2, -0.15) is 0 Å². The number of hydrogen-bond acceptors (Lipinski definition) is 2. The van der Waals surface area contributed by atoms with E-state index in [2.05, 4.69) is 39.0 Å². The van der Waals surface area contributed by atoms with Crippen molar-refractivity contribution in [2.24, 2.45) is 0 Å². The van der Waals surface area contributed by atoms with Crippen molar-refractivity contribution in [2.45, 2.75) is 20.8 Å². The molecule has 0 saturated heterocycles. The van der Waals surface area contributed by atoms with Crippen LogP contribution >= 0.6 is 0 Å². The quantitative estimate of drug-likeness (QED) is 0.719. The van der Waals surface area contributed by atoms with E-state index in [0.29, 0.717) is 5.69 Å². The number of pyridine rings is 1. The lowest BCUT2D eigenvalue weighted by Gasteiger charge is -2.05. The molecule has 0 bridgehead atoms. The van der Waals surface area contributed by atoms with Gasteiger partial charge < -0.3 is 10.1 Å². The van der Waals surface area contributed by atoms with Crippen LogP contribution in [0.25, 0.3) is 16.9 Å². The van der Waals surface area contributed by atoms with Gasteiger partial charge in [0.2, 0.25) is 0 Å². The number of hydrogen-bond donors (Lipinski definition) is 1. The monoisotopic (exact) mass is 251 g/mol. The first kappa shape index (κ1) is 11.8. The fourth-order valence-electron chi connectivity index (χ4n) is 2.54. The molecule has 0 unspecified atom stereocenters. The maximum atomic E-state index is 6.00. The molecular weight excluding hydrogens is 234 g/mol. The van der Waals surface area contributed by atoms with Crippen LogP contribution in [0.3, 0.4) is 0 Å². The summed E-state index contributed by atoms with van der Waals surface area (Å²) in [4.78, 5) is 4.71. The van der Waals surface area contributed by atoms with Crippen LogP contribution in [0.2, 0.25) is 0 Å². The highest BCUT2D eigenvalue weighted by Gasteiger charge is 2.13. The van der Waals surface area contributed by atoms with Gasteiger partial charge in [0.05, 0.1) is 11.4 Å². The highest BCUT2D eigenvalue weighted by atomic mass is 15.0. The molecule has 3 rings (SSSR count). The second kappa shape index (κ2) is 4.12. The summed E-state index contributed by atoms with van der Waals surface area (Å²) in [6.45, 7) is 6.30. The third kappa shape index (κ3) is 1.78. The van der Waals surface area contributed by atoms with E-state index in [1.54, 1.807) is 0 Å². The summed E-state index contributed by atoms with van der Waals surface area (Å²) in [6.07, 6.45) is 2.00. The van der Waals surface area contributed by atoms with Crippen LogP contribution < -0.4 is 5.73 Å². The van der Waals surface area contributed by atoms with Crippen LogP contribution in [-0.4, -0.2) is 9.38 Å². The van der Waals surface area contributed by atoms with Crippen molar-refractivity contribution >= 4 is 11.3 Å². The predicted octanol–water partition coefficient (Wildman–Crippen LogP) is 3.51. The number of imidazole rings is 1. The summed E-state index contributed by atoms with van der Waals surface area (Å²) in [6, 6.07) is 10.3. The Kier molecular flexibility index (Phi) is 2.56. The SMILES string of the molecule is Cc1ccc(-c2nc3c(N)cccn3c2C)c(C)c1. The summed E-state index contributed by atoms with van der Waals surface area (Å²) < 4.78 is 2.05. The molecule has 0 amide bonds. The Morgan fingerprint density at radius 1 is 1.11 bits per heavy atom. The van der Waals surface area contributed by atoms with Crippen molar-refractivity contribution in [1.29, 1.82) is 0 Å². The van der Waals surface area contributed by atoms with E-state index in [9.17, 15) is 0 Å². The number of aromatic nitrogens is 2. The standard InChI is InChI=1S/C16H17N3/c1-10-6-7-13(11(2)9-10)15-12(3)19-8-4-5-14(17)16(19)18-15/h4-9H,17H2,1-3H3. The third-order valence-corrected chi connectivity index (χ3v) is 3.56. The van der Waals surface area contributed by atoms with Gasteiger partial charge in [-0.3, -0.25) is 0 Å². The molecule has 1 aromatic carbocycles. The number of fused-ring (bicyclic) bond motifs is 1. The first-order chi connectivity index (χ1) is 9.08. The minimum Gasteiger partial charge on any atom is -0.396 e. The molecule has 2 N–H and O–H groups in total. The Hall–Kier alpha value is -2.29. The van der Waals surface area contributed by atoms with E-state index >= 15 is 0 Å². The highest BCUT2D eigenvalue weighted by molar-refractivity contribution is 5.74. The lowest BCUT2D eigenvalue weighted by atomic mass is 10.0. The highest BCUT2D eigenvalue weighted by Crippen LogP contribution is 2.28. The van der Waals surface area contributed by atoms with Crippen LogP contribution in [0.5, 0.6) is 0 Å². The largest absolute Gasteiger partial charge is 0.396 e.